The van der Waals surface area contributed by atoms with Crippen LogP contribution < -0.4 is 19.5 Å². The summed E-state index contributed by atoms with van der Waals surface area (Å²) in [6.45, 7) is 3.70. The monoisotopic (exact) mass is 414 g/mol. The van der Waals surface area contributed by atoms with Gasteiger partial charge in [-0.25, -0.2) is 4.98 Å². The first kappa shape index (κ1) is 20.5. The number of aromatic hydroxyl groups is 1. The average Bonchev–Trinajstić information content (AvgIpc) is 3.11. The maximum absolute atomic E-state index is 12.7. The lowest BCUT2D eigenvalue weighted by atomic mass is 10.2. The number of benzene rings is 2. The summed E-state index contributed by atoms with van der Waals surface area (Å²) in [4.78, 5) is 18.0. The molecule has 0 saturated carbocycles. The van der Waals surface area contributed by atoms with Gasteiger partial charge in [0.1, 0.15) is 16.5 Å². The van der Waals surface area contributed by atoms with Crippen LogP contribution in [-0.4, -0.2) is 37.3 Å². The van der Waals surface area contributed by atoms with Crippen molar-refractivity contribution >= 4 is 22.9 Å². The molecule has 7 nitrogen and oxygen atoms in total. The Morgan fingerprint density at radius 1 is 1.03 bits per heavy atom. The third-order valence-corrected chi connectivity index (χ3v) is 5.34. The van der Waals surface area contributed by atoms with E-state index in [0.29, 0.717) is 33.6 Å². The smallest absolute Gasteiger partial charge is 0.275 e. The maximum atomic E-state index is 12.7. The molecule has 29 heavy (non-hydrogen) atoms. The summed E-state index contributed by atoms with van der Waals surface area (Å²) in [5.41, 5.74) is 2.30. The summed E-state index contributed by atoms with van der Waals surface area (Å²) in [5.74, 6) is 1.11. The average molecular weight is 414 g/mol. The first-order valence-electron chi connectivity index (χ1n) is 8.76. The van der Waals surface area contributed by atoms with Gasteiger partial charge in [0.2, 0.25) is 5.75 Å². The highest BCUT2D eigenvalue weighted by atomic mass is 32.1. The van der Waals surface area contributed by atoms with Crippen molar-refractivity contribution in [2.24, 2.45) is 0 Å². The molecule has 0 fully saturated rings. The fraction of sp³-hybridized carbons (Fsp3) is 0.238. The van der Waals surface area contributed by atoms with Gasteiger partial charge in [-0.15, -0.1) is 11.3 Å². The molecule has 0 unspecified atom stereocenters. The number of aromatic nitrogens is 1. The second kappa shape index (κ2) is 8.40. The zero-order valence-corrected chi connectivity index (χ0v) is 17.6. The SMILES string of the molecule is COc1cc(-c2nc(C(=O)Nc3cc(C)ccc3O)c(C)s2)cc(OC)c1OC. The van der Waals surface area contributed by atoms with Gasteiger partial charge >= 0.3 is 0 Å². The molecule has 3 aromatic rings. The van der Waals surface area contributed by atoms with Crippen LogP contribution in [0.2, 0.25) is 0 Å². The van der Waals surface area contributed by atoms with Gasteiger partial charge in [-0.3, -0.25) is 4.79 Å². The van der Waals surface area contributed by atoms with Gasteiger partial charge < -0.3 is 24.6 Å². The third kappa shape index (κ3) is 4.12. The first-order valence-corrected chi connectivity index (χ1v) is 9.58. The number of nitrogens with one attached hydrogen (secondary N) is 1. The molecule has 1 amide bonds. The standard InChI is InChI=1S/C21H22N2O5S/c1-11-6-7-15(24)14(8-11)22-20(25)18-12(2)29-21(23-18)13-9-16(26-3)19(28-5)17(10-13)27-4/h6-10,24H,1-5H3,(H,22,25). The molecule has 0 radical (unpaired) electrons. The molecule has 1 aromatic heterocycles. The van der Waals surface area contributed by atoms with E-state index in [2.05, 4.69) is 10.3 Å². The molecule has 2 N–H and O–H groups in total. The number of carbonyl (C=O) groups excluding carboxylic acids is 1. The van der Waals surface area contributed by atoms with Crippen LogP contribution in [0, 0.1) is 13.8 Å². The maximum Gasteiger partial charge on any atom is 0.275 e. The quantitative estimate of drug-likeness (QED) is 0.581. The van der Waals surface area contributed by atoms with Crippen LogP contribution in [0.25, 0.3) is 10.6 Å². The van der Waals surface area contributed by atoms with Gasteiger partial charge in [-0.1, -0.05) is 6.07 Å². The van der Waals surface area contributed by atoms with E-state index in [1.165, 1.54) is 18.4 Å². The van der Waals surface area contributed by atoms with E-state index in [1.54, 1.807) is 44.6 Å². The van der Waals surface area contributed by atoms with Crippen molar-refractivity contribution < 1.29 is 24.1 Å². The van der Waals surface area contributed by atoms with E-state index >= 15 is 0 Å². The van der Waals surface area contributed by atoms with Crippen LogP contribution >= 0.6 is 11.3 Å². The Labute approximate surface area is 172 Å². The highest BCUT2D eigenvalue weighted by Gasteiger charge is 2.20. The highest BCUT2D eigenvalue weighted by molar-refractivity contribution is 7.15. The number of ether oxygens (including phenoxy) is 3. The number of amides is 1. The number of aryl methyl sites for hydroxylation is 2. The molecule has 8 heteroatoms. The van der Waals surface area contributed by atoms with Gasteiger partial charge in [0.25, 0.3) is 5.91 Å². The predicted molar refractivity (Wildman–Crippen MR) is 113 cm³/mol. The lowest BCUT2D eigenvalue weighted by molar-refractivity contribution is 0.102. The summed E-state index contributed by atoms with van der Waals surface area (Å²) < 4.78 is 16.1. The zero-order chi connectivity index (χ0) is 21.1. The molecular weight excluding hydrogens is 392 g/mol. The zero-order valence-electron chi connectivity index (χ0n) is 16.8. The number of thiazole rings is 1. The Hall–Kier alpha value is -3.26. The summed E-state index contributed by atoms with van der Waals surface area (Å²) >= 11 is 1.38. The van der Waals surface area contributed by atoms with Crippen molar-refractivity contribution in [3.8, 4) is 33.6 Å². The number of rotatable bonds is 6. The van der Waals surface area contributed by atoms with Crippen LogP contribution in [0.4, 0.5) is 5.69 Å². The summed E-state index contributed by atoms with van der Waals surface area (Å²) in [7, 11) is 4.62. The van der Waals surface area contributed by atoms with Crippen molar-refractivity contribution in [1.29, 1.82) is 0 Å². The van der Waals surface area contributed by atoms with Crippen molar-refractivity contribution in [2.45, 2.75) is 13.8 Å². The van der Waals surface area contributed by atoms with Crippen LogP contribution in [0.3, 0.4) is 0 Å². The van der Waals surface area contributed by atoms with Crippen molar-refractivity contribution in [3.63, 3.8) is 0 Å². The Kier molecular flexibility index (Phi) is 5.93. The second-order valence-corrected chi connectivity index (χ2v) is 7.52. The largest absolute Gasteiger partial charge is 0.506 e. The molecule has 152 valence electrons. The van der Waals surface area contributed by atoms with Crippen LogP contribution in [0.5, 0.6) is 23.0 Å². The van der Waals surface area contributed by atoms with Crippen LogP contribution in [-0.2, 0) is 0 Å². The molecule has 0 atom stereocenters. The molecule has 1 heterocycles. The van der Waals surface area contributed by atoms with Gasteiger partial charge in [0.05, 0.1) is 27.0 Å². The van der Waals surface area contributed by atoms with Crippen molar-refractivity contribution in [3.05, 3.63) is 46.5 Å². The molecule has 0 aliphatic rings. The van der Waals surface area contributed by atoms with Gasteiger partial charge in [0.15, 0.2) is 11.5 Å². The Balaban J connectivity index is 1.96. The predicted octanol–water partition coefficient (Wildman–Crippen LogP) is 4.41. The number of hydrogen-bond donors (Lipinski definition) is 2. The Morgan fingerprint density at radius 2 is 1.69 bits per heavy atom. The third-order valence-electron chi connectivity index (χ3n) is 4.32. The highest BCUT2D eigenvalue weighted by Crippen LogP contribution is 2.42. The summed E-state index contributed by atoms with van der Waals surface area (Å²) in [6.07, 6.45) is 0. The number of phenolic OH excluding ortho intramolecular Hbond substituents is 1. The van der Waals surface area contributed by atoms with Gasteiger partial charge in [-0.05, 0) is 43.7 Å². The Morgan fingerprint density at radius 3 is 2.28 bits per heavy atom. The minimum Gasteiger partial charge on any atom is -0.506 e. The lowest BCUT2D eigenvalue weighted by Gasteiger charge is -2.13. The fourth-order valence-corrected chi connectivity index (χ4v) is 3.76. The molecule has 2 aromatic carbocycles. The number of carbonyl (C=O) groups is 1. The van der Waals surface area contributed by atoms with Gasteiger partial charge in [-0.2, -0.15) is 0 Å². The number of phenols is 1. The molecule has 0 spiro atoms. The Bertz CT molecular complexity index is 1040. The lowest BCUT2D eigenvalue weighted by Crippen LogP contribution is -2.13. The van der Waals surface area contributed by atoms with Gasteiger partial charge in [0, 0.05) is 10.4 Å². The topological polar surface area (TPSA) is 89.9 Å². The van der Waals surface area contributed by atoms with E-state index < -0.39 is 5.91 Å². The number of nitrogens with zero attached hydrogens (tertiary/aromatic N) is 1. The molecule has 0 bridgehead atoms. The van der Waals surface area contributed by atoms with Crippen molar-refractivity contribution in [2.75, 3.05) is 26.6 Å². The van der Waals surface area contributed by atoms with E-state index in [0.717, 1.165) is 16.0 Å². The minimum atomic E-state index is -0.390. The molecule has 0 saturated heterocycles. The molecule has 3 rings (SSSR count). The first-order chi connectivity index (χ1) is 13.9. The summed E-state index contributed by atoms with van der Waals surface area (Å²) in [6, 6.07) is 8.58. The van der Waals surface area contributed by atoms with Crippen LogP contribution in [0.1, 0.15) is 20.9 Å². The second-order valence-electron chi connectivity index (χ2n) is 6.31. The van der Waals surface area contributed by atoms with E-state index in [9.17, 15) is 9.90 Å². The van der Waals surface area contributed by atoms with E-state index in [1.807, 2.05) is 13.8 Å². The van der Waals surface area contributed by atoms with E-state index in [-0.39, 0.29) is 5.75 Å². The van der Waals surface area contributed by atoms with Crippen LogP contribution in [0.15, 0.2) is 30.3 Å². The number of hydrogen-bond acceptors (Lipinski definition) is 7. The molecule has 0 aliphatic carbocycles. The number of anilines is 1. The molecule has 0 aliphatic heterocycles. The normalized spacial score (nSPS) is 10.5. The van der Waals surface area contributed by atoms with Crippen molar-refractivity contribution in [1.82, 2.24) is 4.98 Å². The minimum absolute atomic E-state index is 0.00156. The number of methoxy groups -OCH3 is 3. The van der Waals surface area contributed by atoms with E-state index in [4.69, 9.17) is 14.2 Å². The fourth-order valence-electron chi connectivity index (χ4n) is 2.87. The molecular formula is C21H22N2O5S. The summed E-state index contributed by atoms with van der Waals surface area (Å²) in [5, 5.41) is 13.3.